The second-order valence-corrected chi connectivity index (χ2v) is 4.74. The Bertz CT molecular complexity index is 366. The van der Waals surface area contributed by atoms with Gasteiger partial charge in [0.15, 0.2) is 0 Å². The van der Waals surface area contributed by atoms with Crippen LogP contribution in [0.5, 0.6) is 5.75 Å². The summed E-state index contributed by atoms with van der Waals surface area (Å²) in [7, 11) is 0. The summed E-state index contributed by atoms with van der Waals surface area (Å²) in [6.45, 7) is 2.39. The first-order chi connectivity index (χ1) is 7.63. The predicted octanol–water partition coefficient (Wildman–Crippen LogP) is 4.24. The van der Waals surface area contributed by atoms with Crippen molar-refractivity contribution >= 4 is 33.3 Å². The van der Waals surface area contributed by atoms with Gasteiger partial charge in [-0.2, -0.15) is 0 Å². The van der Waals surface area contributed by atoms with Crippen molar-refractivity contribution in [2.75, 3.05) is 6.61 Å². The maximum Gasteiger partial charge on any atom is 0.137 e. The third-order valence-corrected chi connectivity index (χ3v) is 2.93. The first-order valence-electron chi connectivity index (χ1n) is 5.23. The second kappa shape index (κ2) is 6.92. The SMILES string of the molecule is CCC(=O)CCCOc1ccc(Br)cc1Cl. The molecule has 16 heavy (non-hydrogen) atoms. The average molecular weight is 306 g/mol. The summed E-state index contributed by atoms with van der Waals surface area (Å²) in [4.78, 5) is 11.0. The van der Waals surface area contributed by atoms with Gasteiger partial charge in [-0.15, -0.1) is 0 Å². The Morgan fingerprint density at radius 2 is 2.25 bits per heavy atom. The van der Waals surface area contributed by atoms with E-state index in [2.05, 4.69) is 15.9 Å². The molecule has 4 heteroatoms. The van der Waals surface area contributed by atoms with E-state index in [9.17, 15) is 4.79 Å². The fraction of sp³-hybridized carbons (Fsp3) is 0.417. The van der Waals surface area contributed by atoms with Crippen LogP contribution in [-0.2, 0) is 4.79 Å². The number of ether oxygens (including phenoxy) is 1. The zero-order valence-electron chi connectivity index (χ0n) is 9.13. The highest BCUT2D eigenvalue weighted by atomic mass is 79.9. The van der Waals surface area contributed by atoms with Crippen LogP contribution in [0.3, 0.4) is 0 Å². The van der Waals surface area contributed by atoms with Gasteiger partial charge >= 0.3 is 0 Å². The smallest absolute Gasteiger partial charge is 0.137 e. The van der Waals surface area contributed by atoms with Crippen LogP contribution in [0.2, 0.25) is 5.02 Å². The largest absolute Gasteiger partial charge is 0.492 e. The standard InChI is InChI=1S/C12H14BrClO2/c1-2-10(15)4-3-7-16-12-6-5-9(13)8-11(12)14/h5-6,8H,2-4,7H2,1H3. The Kier molecular flexibility index (Phi) is 5.85. The molecule has 0 fully saturated rings. The lowest BCUT2D eigenvalue weighted by Gasteiger charge is -2.07. The van der Waals surface area contributed by atoms with Crippen LogP contribution < -0.4 is 4.74 Å². The second-order valence-electron chi connectivity index (χ2n) is 3.42. The molecule has 0 heterocycles. The van der Waals surface area contributed by atoms with E-state index < -0.39 is 0 Å². The van der Waals surface area contributed by atoms with Crippen molar-refractivity contribution in [1.29, 1.82) is 0 Å². The van der Waals surface area contributed by atoms with E-state index in [0.29, 0.717) is 30.2 Å². The molecule has 0 bridgehead atoms. The van der Waals surface area contributed by atoms with Crippen LogP contribution in [0.1, 0.15) is 26.2 Å². The third kappa shape index (κ3) is 4.54. The lowest BCUT2D eigenvalue weighted by molar-refractivity contribution is -0.118. The van der Waals surface area contributed by atoms with E-state index >= 15 is 0 Å². The summed E-state index contributed by atoms with van der Waals surface area (Å²) in [6.07, 6.45) is 1.91. The van der Waals surface area contributed by atoms with Crippen LogP contribution >= 0.6 is 27.5 Å². The lowest BCUT2D eigenvalue weighted by Crippen LogP contribution is -2.02. The van der Waals surface area contributed by atoms with Crippen LogP contribution in [0.15, 0.2) is 22.7 Å². The Morgan fingerprint density at radius 3 is 2.88 bits per heavy atom. The topological polar surface area (TPSA) is 26.3 Å². The van der Waals surface area contributed by atoms with E-state index in [-0.39, 0.29) is 5.78 Å². The average Bonchev–Trinajstić information content (AvgIpc) is 2.26. The monoisotopic (exact) mass is 304 g/mol. The fourth-order valence-electron chi connectivity index (χ4n) is 1.22. The molecule has 0 aliphatic rings. The van der Waals surface area contributed by atoms with Gasteiger partial charge in [-0.25, -0.2) is 0 Å². The van der Waals surface area contributed by atoms with E-state index in [4.69, 9.17) is 16.3 Å². The molecule has 1 aromatic rings. The van der Waals surface area contributed by atoms with Crippen molar-refractivity contribution in [2.45, 2.75) is 26.2 Å². The Balaban J connectivity index is 2.35. The van der Waals surface area contributed by atoms with Gasteiger partial charge in [0.25, 0.3) is 0 Å². The molecule has 0 aliphatic carbocycles. The number of carbonyl (C=O) groups excluding carboxylic acids is 1. The number of hydrogen-bond acceptors (Lipinski definition) is 2. The number of ketones is 1. The maximum atomic E-state index is 11.0. The molecular formula is C12H14BrClO2. The fourth-order valence-corrected chi connectivity index (χ4v) is 1.95. The summed E-state index contributed by atoms with van der Waals surface area (Å²) >= 11 is 9.30. The van der Waals surface area contributed by atoms with Crippen molar-refractivity contribution < 1.29 is 9.53 Å². The zero-order valence-corrected chi connectivity index (χ0v) is 11.5. The van der Waals surface area contributed by atoms with Crippen LogP contribution in [0.4, 0.5) is 0 Å². The highest BCUT2D eigenvalue weighted by Gasteiger charge is 2.03. The van der Waals surface area contributed by atoms with Gasteiger partial charge in [-0.1, -0.05) is 34.5 Å². The molecule has 0 amide bonds. The minimum absolute atomic E-state index is 0.269. The van der Waals surface area contributed by atoms with Gasteiger partial charge in [-0.3, -0.25) is 4.79 Å². The van der Waals surface area contributed by atoms with Crippen molar-refractivity contribution in [3.8, 4) is 5.75 Å². The molecule has 0 aromatic heterocycles. The first-order valence-corrected chi connectivity index (χ1v) is 6.40. The number of halogens is 2. The highest BCUT2D eigenvalue weighted by molar-refractivity contribution is 9.10. The first kappa shape index (κ1) is 13.5. The Morgan fingerprint density at radius 1 is 1.50 bits per heavy atom. The van der Waals surface area contributed by atoms with E-state index in [0.717, 1.165) is 10.9 Å². The molecule has 0 aliphatic heterocycles. The van der Waals surface area contributed by atoms with E-state index in [1.165, 1.54) is 0 Å². The molecule has 2 nitrogen and oxygen atoms in total. The molecule has 0 N–H and O–H groups in total. The molecular weight excluding hydrogens is 291 g/mol. The molecule has 0 saturated heterocycles. The number of carbonyl (C=O) groups is 1. The summed E-state index contributed by atoms with van der Waals surface area (Å²) in [5, 5.41) is 0.580. The number of Topliss-reactive ketones (excluding diaryl/α,β-unsaturated/α-hetero) is 1. The van der Waals surface area contributed by atoms with Gasteiger partial charge in [0.1, 0.15) is 11.5 Å². The molecule has 0 spiro atoms. The summed E-state index contributed by atoms with van der Waals surface area (Å²) in [6, 6.07) is 5.47. The molecule has 1 rings (SSSR count). The minimum atomic E-state index is 0.269. The summed E-state index contributed by atoms with van der Waals surface area (Å²) in [5.41, 5.74) is 0. The molecule has 1 aromatic carbocycles. The Labute approximate surface area is 109 Å². The van der Waals surface area contributed by atoms with Crippen LogP contribution in [0.25, 0.3) is 0 Å². The number of hydrogen-bond donors (Lipinski definition) is 0. The highest BCUT2D eigenvalue weighted by Crippen LogP contribution is 2.27. The predicted molar refractivity (Wildman–Crippen MR) is 69.2 cm³/mol. The quantitative estimate of drug-likeness (QED) is 0.735. The normalized spacial score (nSPS) is 10.2. The molecule has 88 valence electrons. The van der Waals surface area contributed by atoms with Gasteiger partial charge in [-0.05, 0) is 24.6 Å². The number of benzene rings is 1. The van der Waals surface area contributed by atoms with Crippen molar-refractivity contribution in [3.63, 3.8) is 0 Å². The van der Waals surface area contributed by atoms with Gasteiger partial charge in [0.2, 0.25) is 0 Å². The van der Waals surface area contributed by atoms with Crippen LogP contribution in [-0.4, -0.2) is 12.4 Å². The maximum absolute atomic E-state index is 11.0. The Hall–Kier alpha value is -0.540. The summed E-state index contributed by atoms with van der Waals surface area (Å²) < 4.78 is 6.40. The third-order valence-electron chi connectivity index (χ3n) is 2.15. The number of rotatable bonds is 6. The lowest BCUT2D eigenvalue weighted by atomic mass is 10.2. The molecule has 0 atom stereocenters. The van der Waals surface area contributed by atoms with Gasteiger partial charge < -0.3 is 4.74 Å². The van der Waals surface area contributed by atoms with Crippen molar-refractivity contribution in [3.05, 3.63) is 27.7 Å². The van der Waals surface area contributed by atoms with Crippen molar-refractivity contribution in [2.24, 2.45) is 0 Å². The zero-order chi connectivity index (χ0) is 12.0. The van der Waals surface area contributed by atoms with E-state index in [1.807, 2.05) is 19.1 Å². The van der Waals surface area contributed by atoms with Gasteiger partial charge in [0, 0.05) is 17.3 Å². The molecule has 0 saturated carbocycles. The molecule has 0 radical (unpaired) electrons. The van der Waals surface area contributed by atoms with Gasteiger partial charge in [0.05, 0.1) is 11.6 Å². The van der Waals surface area contributed by atoms with E-state index in [1.54, 1.807) is 6.07 Å². The molecule has 0 unspecified atom stereocenters. The minimum Gasteiger partial charge on any atom is -0.492 e. The van der Waals surface area contributed by atoms with Crippen LogP contribution in [0, 0.1) is 0 Å². The van der Waals surface area contributed by atoms with Crippen molar-refractivity contribution in [1.82, 2.24) is 0 Å². The summed E-state index contributed by atoms with van der Waals surface area (Å²) in [5.74, 6) is 0.930.